The monoisotopic (exact) mass is 455 g/mol. The van der Waals surface area contributed by atoms with Crippen LogP contribution in [0.5, 0.6) is 0 Å². The zero-order valence-electron chi connectivity index (χ0n) is 20.8. The predicted molar refractivity (Wildman–Crippen MR) is 128 cm³/mol. The lowest BCUT2D eigenvalue weighted by molar-refractivity contribution is -0.165. The van der Waals surface area contributed by atoms with Crippen LogP contribution < -0.4 is 0 Å². The van der Waals surface area contributed by atoms with Gasteiger partial charge in [0, 0.05) is 36.9 Å². The number of aliphatic hydroxyl groups is 1. The van der Waals surface area contributed by atoms with E-state index in [1.165, 1.54) is 17.9 Å². The van der Waals surface area contributed by atoms with Crippen molar-refractivity contribution in [3.05, 3.63) is 11.8 Å². The summed E-state index contributed by atoms with van der Waals surface area (Å²) >= 11 is 0. The summed E-state index contributed by atoms with van der Waals surface area (Å²) in [6, 6.07) is 2.09. The topological polar surface area (TPSA) is 85.9 Å². The van der Waals surface area contributed by atoms with Gasteiger partial charge in [-0.05, 0) is 94.8 Å². The predicted octanol–water partition coefficient (Wildman–Crippen LogP) is 4.55. The Bertz CT molecular complexity index is 846. The Balaban J connectivity index is 1.55. The Labute approximate surface area is 199 Å². The Morgan fingerprint density at radius 1 is 1.24 bits per heavy atom. The van der Waals surface area contributed by atoms with E-state index in [1.54, 1.807) is 13.1 Å². The second-order valence-corrected chi connectivity index (χ2v) is 11.8. The van der Waals surface area contributed by atoms with Crippen molar-refractivity contribution in [1.29, 1.82) is 5.26 Å². The number of fused-ring (bicyclic) bond motifs is 5. The van der Waals surface area contributed by atoms with Gasteiger partial charge in [-0.1, -0.05) is 6.92 Å². The van der Waals surface area contributed by atoms with Crippen molar-refractivity contribution in [1.82, 2.24) is 5.01 Å². The first-order valence-corrected chi connectivity index (χ1v) is 12.7. The molecule has 4 aliphatic carbocycles. The van der Waals surface area contributed by atoms with Crippen molar-refractivity contribution in [3.8, 4) is 6.07 Å². The number of rotatable bonds is 6. The van der Waals surface area contributed by atoms with Gasteiger partial charge in [0.05, 0.1) is 24.3 Å². The summed E-state index contributed by atoms with van der Waals surface area (Å²) < 4.78 is 6.17. The van der Waals surface area contributed by atoms with Crippen LogP contribution in [0.4, 0.5) is 0 Å². The minimum Gasteiger partial charge on any atom is -0.390 e. The fourth-order valence-electron chi connectivity index (χ4n) is 8.58. The number of hydrogen-bond acceptors (Lipinski definition) is 6. The smallest absolute Gasteiger partial charge is 0.157 e. The molecule has 0 aromatic carbocycles. The molecular weight excluding hydrogens is 414 g/mol. The Morgan fingerprint density at radius 3 is 2.67 bits per heavy atom. The molecule has 0 aromatic rings. The average Bonchev–Trinajstić information content (AvgIpc) is 3.14. The summed E-state index contributed by atoms with van der Waals surface area (Å²) in [4.78, 5) is 13.5. The van der Waals surface area contributed by atoms with E-state index in [0.29, 0.717) is 35.2 Å². The third-order valence-corrected chi connectivity index (χ3v) is 10.00. The van der Waals surface area contributed by atoms with Crippen LogP contribution in [-0.4, -0.2) is 48.0 Å². The van der Waals surface area contributed by atoms with Crippen LogP contribution in [0.25, 0.3) is 0 Å². The number of carbonyl (C=O) groups is 1. The van der Waals surface area contributed by atoms with Gasteiger partial charge in [-0.25, -0.2) is 0 Å². The maximum atomic E-state index is 13.5. The molecule has 0 spiro atoms. The van der Waals surface area contributed by atoms with E-state index in [2.05, 4.69) is 24.8 Å². The third kappa shape index (κ3) is 4.28. The van der Waals surface area contributed by atoms with Gasteiger partial charge >= 0.3 is 0 Å². The molecule has 4 rings (SSSR count). The Hall–Kier alpha value is -1.71. The van der Waals surface area contributed by atoms with E-state index in [9.17, 15) is 9.90 Å². The van der Waals surface area contributed by atoms with Crippen LogP contribution in [0.2, 0.25) is 0 Å². The summed E-state index contributed by atoms with van der Waals surface area (Å²) in [5, 5.41) is 25.2. The van der Waals surface area contributed by atoms with Gasteiger partial charge in [-0.15, -0.1) is 0 Å². The second kappa shape index (κ2) is 9.15. The molecule has 4 saturated carbocycles. The van der Waals surface area contributed by atoms with Crippen molar-refractivity contribution in [2.45, 2.75) is 83.8 Å². The molecule has 0 radical (unpaired) electrons. The van der Waals surface area contributed by atoms with Gasteiger partial charge < -0.3 is 9.84 Å². The van der Waals surface area contributed by atoms with Gasteiger partial charge in [0.2, 0.25) is 0 Å². The number of ether oxygens (including phenoxy) is 1. The minimum atomic E-state index is -0.508. The molecule has 33 heavy (non-hydrogen) atoms. The highest BCUT2D eigenvalue weighted by atomic mass is 16.5. The number of Topliss-reactive ketones (excluding diaryl/α,β-unsaturated/α-hetero) is 1. The number of allylic oxidation sites excluding steroid dienone is 1. The lowest BCUT2D eigenvalue weighted by Gasteiger charge is -2.59. The normalized spacial score (nSPS) is 44.7. The molecule has 0 saturated heterocycles. The number of hydrogen-bond donors (Lipinski definition) is 1. The summed E-state index contributed by atoms with van der Waals surface area (Å²) in [5.41, 5.74) is -0.170. The highest BCUT2D eigenvalue weighted by Crippen LogP contribution is 2.65. The first kappa shape index (κ1) is 24.4. The molecule has 0 unspecified atom stereocenters. The van der Waals surface area contributed by atoms with E-state index < -0.39 is 5.60 Å². The maximum Gasteiger partial charge on any atom is 0.157 e. The number of ketones is 1. The van der Waals surface area contributed by atoms with Crippen molar-refractivity contribution in [2.24, 2.45) is 46.0 Å². The summed E-state index contributed by atoms with van der Waals surface area (Å²) in [6.45, 7) is 9.76. The summed E-state index contributed by atoms with van der Waals surface area (Å²) in [6.07, 6.45) is 10.0. The van der Waals surface area contributed by atoms with Crippen LogP contribution in [0.3, 0.4) is 0 Å². The van der Waals surface area contributed by atoms with Crippen LogP contribution in [0.15, 0.2) is 16.9 Å². The molecule has 4 fully saturated rings. The molecule has 182 valence electrons. The largest absolute Gasteiger partial charge is 0.390 e. The number of hydrazone groups is 1. The molecule has 6 nitrogen and oxygen atoms in total. The quantitative estimate of drug-likeness (QED) is 0.361. The summed E-state index contributed by atoms with van der Waals surface area (Å²) in [7, 11) is 1.82. The molecule has 0 amide bonds. The van der Waals surface area contributed by atoms with Gasteiger partial charge in [0.15, 0.2) is 5.78 Å². The van der Waals surface area contributed by atoms with E-state index in [-0.39, 0.29) is 29.8 Å². The highest BCUT2D eigenvalue weighted by molar-refractivity contribution is 5.84. The van der Waals surface area contributed by atoms with Crippen LogP contribution in [-0.2, 0) is 9.53 Å². The van der Waals surface area contributed by atoms with Crippen molar-refractivity contribution < 1.29 is 14.6 Å². The van der Waals surface area contributed by atoms with E-state index >= 15 is 0 Å². The van der Waals surface area contributed by atoms with Gasteiger partial charge in [-0.3, -0.25) is 9.80 Å². The van der Waals surface area contributed by atoms with Crippen molar-refractivity contribution in [2.75, 3.05) is 13.7 Å². The Kier molecular flexibility index (Phi) is 6.77. The standard InChI is InChI=1S/C27H41N3O3/c1-17(14-28)15-30(29-4)16-24(31)23-9-8-22-20-7-6-18-13-26(2,32)11-10-19(18)21(20)12-25(33-5)27(22,23)3/h15,18-23,25,32H,4,6-13,16H2,1-3,5H3/b17-15+/t18-,19+,20-,21-,22+,23-,25-,26-,27+/m1/s1. The van der Waals surface area contributed by atoms with E-state index in [4.69, 9.17) is 10.00 Å². The first-order chi connectivity index (χ1) is 15.6. The van der Waals surface area contributed by atoms with Gasteiger partial charge in [-0.2, -0.15) is 10.4 Å². The van der Waals surface area contributed by atoms with E-state index in [0.717, 1.165) is 38.5 Å². The fourth-order valence-corrected chi connectivity index (χ4v) is 8.58. The van der Waals surface area contributed by atoms with Crippen LogP contribution in [0.1, 0.15) is 72.1 Å². The van der Waals surface area contributed by atoms with Crippen LogP contribution >= 0.6 is 0 Å². The number of carbonyl (C=O) groups excluding carboxylic acids is 1. The lowest BCUT2D eigenvalue weighted by atomic mass is 9.48. The average molecular weight is 456 g/mol. The highest BCUT2D eigenvalue weighted by Gasteiger charge is 2.62. The lowest BCUT2D eigenvalue weighted by Crippen LogP contribution is -2.57. The molecule has 1 N–H and O–H groups in total. The molecular formula is C27H41N3O3. The third-order valence-electron chi connectivity index (χ3n) is 10.00. The second-order valence-electron chi connectivity index (χ2n) is 11.8. The van der Waals surface area contributed by atoms with Crippen molar-refractivity contribution in [3.63, 3.8) is 0 Å². The van der Waals surface area contributed by atoms with Gasteiger partial charge in [0.25, 0.3) is 0 Å². The number of methoxy groups -OCH3 is 1. The molecule has 9 atom stereocenters. The van der Waals surface area contributed by atoms with E-state index in [1.807, 2.05) is 14.0 Å². The van der Waals surface area contributed by atoms with Crippen LogP contribution in [0, 0.1) is 52.3 Å². The maximum absolute atomic E-state index is 13.5. The first-order valence-electron chi connectivity index (χ1n) is 12.7. The molecule has 0 bridgehead atoms. The zero-order valence-corrected chi connectivity index (χ0v) is 20.8. The Morgan fingerprint density at radius 2 is 2.00 bits per heavy atom. The molecule has 0 heterocycles. The molecule has 4 aliphatic rings. The SMILES string of the molecule is C=NN(/C=C(\C)C#N)CC(=O)[C@H]1CC[C@H]2[C@@H]3CC[C@@H]4C[C@](C)(O)CC[C@@H]4[C@H]3C[C@@H](OC)[C@]12C. The molecule has 0 aromatic heterocycles. The fraction of sp³-hybridized carbons (Fsp3) is 0.815. The van der Waals surface area contributed by atoms with Gasteiger partial charge in [0.1, 0.15) is 0 Å². The zero-order chi connectivity index (χ0) is 24.0. The summed E-state index contributed by atoms with van der Waals surface area (Å²) in [5.74, 6) is 3.22. The minimum absolute atomic E-state index is 0.0572. The number of nitrogens with zero attached hydrogens (tertiary/aromatic N) is 3. The van der Waals surface area contributed by atoms with Crippen molar-refractivity contribution >= 4 is 12.5 Å². The molecule has 6 heteroatoms. The molecule has 0 aliphatic heterocycles. The number of nitriles is 1.